The molecule has 3 heterocycles. The molecule has 2 aliphatic rings. The molecule has 30 heavy (non-hydrogen) atoms. The van der Waals surface area contributed by atoms with Crippen LogP contribution in [-0.4, -0.2) is 34.9 Å². The van der Waals surface area contributed by atoms with Crippen LogP contribution in [-0.2, 0) is 4.79 Å². The van der Waals surface area contributed by atoms with Crippen molar-refractivity contribution in [3.05, 3.63) is 77.2 Å². The first-order valence-corrected chi connectivity index (χ1v) is 9.45. The van der Waals surface area contributed by atoms with E-state index in [1.807, 2.05) is 12.1 Å². The number of likely N-dealkylation sites (N-methyl/N-ethyl adjacent to an activating group) is 1. The predicted molar refractivity (Wildman–Crippen MR) is 107 cm³/mol. The van der Waals surface area contributed by atoms with Crippen LogP contribution in [0.1, 0.15) is 34.5 Å². The van der Waals surface area contributed by atoms with E-state index in [9.17, 15) is 14.0 Å². The van der Waals surface area contributed by atoms with Gasteiger partial charge < -0.3 is 9.64 Å². The molecule has 2 aliphatic heterocycles. The third-order valence-electron chi connectivity index (χ3n) is 5.42. The van der Waals surface area contributed by atoms with Crippen LogP contribution >= 0.6 is 0 Å². The summed E-state index contributed by atoms with van der Waals surface area (Å²) in [5, 5.41) is 0. The number of fused-ring (bicyclic) bond motifs is 2. The van der Waals surface area contributed by atoms with E-state index in [1.54, 1.807) is 38.2 Å². The van der Waals surface area contributed by atoms with Crippen LogP contribution in [0.3, 0.4) is 0 Å². The van der Waals surface area contributed by atoms with Crippen LogP contribution in [0.2, 0.25) is 0 Å². The zero-order chi connectivity index (χ0) is 21.0. The molecular weight excluding hydrogens is 387 g/mol. The van der Waals surface area contributed by atoms with Crippen molar-refractivity contribution in [1.82, 2.24) is 9.97 Å². The molecule has 0 bridgehead atoms. The Balaban J connectivity index is 1.64. The highest BCUT2D eigenvalue weighted by Crippen LogP contribution is 2.42. The average molecular weight is 404 g/mol. The van der Waals surface area contributed by atoms with Crippen molar-refractivity contribution in [2.75, 3.05) is 16.8 Å². The maximum absolute atomic E-state index is 13.5. The van der Waals surface area contributed by atoms with Gasteiger partial charge in [-0.15, -0.1) is 0 Å². The van der Waals surface area contributed by atoms with Gasteiger partial charge in [0.15, 0.2) is 6.10 Å². The Morgan fingerprint density at radius 3 is 2.57 bits per heavy atom. The number of carbonyl (C=O) groups excluding carboxylic acids is 2. The zero-order valence-electron chi connectivity index (χ0n) is 16.2. The predicted octanol–water partition coefficient (Wildman–Crippen LogP) is 3.11. The number of amides is 2. The van der Waals surface area contributed by atoms with Crippen molar-refractivity contribution in [3.63, 3.8) is 0 Å². The minimum Gasteiger partial charge on any atom is -0.463 e. The fraction of sp³-hybridized carbons (Fsp3) is 0.182. The molecule has 0 spiro atoms. The number of carbonyl (C=O) groups is 2. The molecule has 1 aromatic heterocycles. The lowest BCUT2D eigenvalue weighted by Gasteiger charge is -2.30. The van der Waals surface area contributed by atoms with E-state index < -0.39 is 12.1 Å². The number of ether oxygens (including phenoxy) is 1. The van der Waals surface area contributed by atoms with E-state index in [4.69, 9.17) is 4.74 Å². The SMILES string of the molecule is C[C@H]1Oc2nc(N3C(=O)c4ccccc4C3c3ccc(F)cc3)ncc2N(C)C1=O. The normalized spacial score (nSPS) is 20.1. The smallest absolute Gasteiger partial charge is 0.267 e. The van der Waals surface area contributed by atoms with Gasteiger partial charge in [-0.1, -0.05) is 30.3 Å². The summed E-state index contributed by atoms with van der Waals surface area (Å²) < 4.78 is 19.2. The summed E-state index contributed by atoms with van der Waals surface area (Å²) in [5.74, 6) is -0.431. The molecule has 0 aliphatic carbocycles. The highest BCUT2D eigenvalue weighted by Gasteiger charge is 2.41. The molecular formula is C22H17FN4O3. The van der Waals surface area contributed by atoms with Gasteiger partial charge in [-0.2, -0.15) is 4.98 Å². The van der Waals surface area contributed by atoms with Crippen molar-refractivity contribution in [1.29, 1.82) is 0 Å². The van der Waals surface area contributed by atoms with Crippen molar-refractivity contribution in [3.8, 4) is 5.88 Å². The summed E-state index contributed by atoms with van der Waals surface area (Å²) in [6.07, 6.45) is 0.781. The quantitative estimate of drug-likeness (QED) is 0.656. The Labute approximate surface area is 171 Å². The van der Waals surface area contributed by atoms with Gasteiger partial charge in [0.25, 0.3) is 11.8 Å². The van der Waals surface area contributed by atoms with Gasteiger partial charge in [0, 0.05) is 12.6 Å². The van der Waals surface area contributed by atoms with E-state index >= 15 is 0 Å². The second-order valence-corrected chi connectivity index (χ2v) is 7.23. The Hall–Kier alpha value is -3.81. The average Bonchev–Trinajstić information content (AvgIpc) is 3.05. The van der Waals surface area contributed by atoms with Gasteiger partial charge in [0.2, 0.25) is 11.8 Å². The van der Waals surface area contributed by atoms with Crippen LogP contribution in [0.25, 0.3) is 0 Å². The second kappa shape index (κ2) is 6.62. The molecule has 1 unspecified atom stereocenters. The van der Waals surface area contributed by atoms with Crippen LogP contribution < -0.4 is 14.5 Å². The highest BCUT2D eigenvalue weighted by molar-refractivity contribution is 6.11. The number of rotatable bonds is 2. The molecule has 0 radical (unpaired) electrons. The van der Waals surface area contributed by atoms with Gasteiger partial charge >= 0.3 is 0 Å². The van der Waals surface area contributed by atoms with Crippen LogP contribution in [0.5, 0.6) is 5.88 Å². The van der Waals surface area contributed by atoms with Gasteiger partial charge in [-0.05, 0) is 36.2 Å². The largest absolute Gasteiger partial charge is 0.463 e. The van der Waals surface area contributed by atoms with E-state index in [0.717, 1.165) is 11.1 Å². The number of hydrogen-bond donors (Lipinski definition) is 0. The van der Waals surface area contributed by atoms with E-state index in [1.165, 1.54) is 28.1 Å². The molecule has 2 aromatic carbocycles. The molecule has 5 rings (SSSR count). The van der Waals surface area contributed by atoms with Crippen LogP contribution in [0.4, 0.5) is 16.0 Å². The first-order valence-electron chi connectivity index (χ1n) is 9.45. The number of anilines is 2. The summed E-state index contributed by atoms with van der Waals surface area (Å²) in [6, 6.07) is 12.8. The molecule has 3 aromatic rings. The van der Waals surface area contributed by atoms with Gasteiger partial charge in [-0.25, -0.2) is 9.37 Å². The lowest BCUT2D eigenvalue weighted by Crippen LogP contribution is -2.42. The van der Waals surface area contributed by atoms with Crippen molar-refractivity contribution in [2.24, 2.45) is 0 Å². The lowest BCUT2D eigenvalue weighted by molar-refractivity contribution is -0.125. The number of benzene rings is 2. The Bertz CT molecular complexity index is 1180. The van der Waals surface area contributed by atoms with Crippen LogP contribution in [0.15, 0.2) is 54.7 Å². The monoisotopic (exact) mass is 404 g/mol. The minimum absolute atomic E-state index is 0.152. The first kappa shape index (κ1) is 18.2. The van der Waals surface area contributed by atoms with Gasteiger partial charge in [0.1, 0.15) is 11.5 Å². The van der Waals surface area contributed by atoms with Gasteiger partial charge in [-0.3, -0.25) is 14.5 Å². The third-order valence-corrected chi connectivity index (χ3v) is 5.42. The van der Waals surface area contributed by atoms with E-state index in [2.05, 4.69) is 9.97 Å². The van der Waals surface area contributed by atoms with Gasteiger partial charge in [0.05, 0.1) is 12.2 Å². The molecule has 8 heteroatoms. The Kier molecular flexibility index (Phi) is 4.02. The van der Waals surface area contributed by atoms with Crippen molar-refractivity contribution < 1.29 is 18.7 Å². The molecule has 0 saturated carbocycles. The third kappa shape index (κ3) is 2.64. The molecule has 7 nitrogen and oxygen atoms in total. The lowest BCUT2D eigenvalue weighted by atomic mass is 9.98. The van der Waals surface area contributed by atoms with Crippen LogP contribution in [0, 0.1) is 5.82 Å². The summed E-state index contributed by atoms with van der Waals surface area (Å²) in [4.78, 5) is 37.1. The fourth-order valence-corrected chi connectivity index (χ4v) is 3.89. The zero-order valence-corrected chi connectivity index (χ0v) is 16.2. The summed E-state index contributed by atoms with van der Waals surface area (Å²) in [7, 11) is 1.63. The number of halogens is 1. The molecule has 0 N–H and O–H groups in total. The standard InChI is InChI=1S/C22H17FN4O3/c1-12-20(28)26(2)17-11-24-22(25-19(17)30-12)27-18(13-7-9-14(23)10-8-13)15-5-3-4-6-16(15)21(27)29/h3-12,18H,1-2H3/t12-,18?/m1/s1. The highest BCUT2D eigenvalue weighted by atomic mass is 19.1. The van der Waals surface area contributed by atoms with Crippen molar-refractivity contribution >= 4 is 23.5 Å². The number of aromatic nitrogens is 2. The molecule has 2 amide bonds. The van der Waals surface area contributed by atoms with Crippen molar-refractivity contribution in [2.45, 2.75) is 19.1 Å². The summed E-state index contributed by atoms with van der Waals surface area (Å²) in [6.45, 7) is 1.64. The number of hydrogen-bond acceptors (Lipinski definition) is 5. The van der Waals surface area contributed by atoms with E-state index in [0.29, 0.717) is 11.3 Å². The molecule has 0 fully saturated rings. The second-order valence-electron chi connectivity index (χ2n) is 7.23. The van der Waals surface area contributed by atoms with E-state index in [-0.39, 0.29) is 29.5 Å². The fourth-order valence-electron chi connectivity index (χ4n) is 3.89. The topological polar surface area (TPSA) is 75.6 Å². The summed E-state index contributed by atoms with van der Waals surface area (Å²) >= 11 is 0. The molecule has 0 saturated heterocycles. The Morgan fingerprint density at radius 1 is 1.07 bits per heavy atom. The maximum Gasteiger partial charge on any atom is 0.267 e. The number of nitrogens with zero attached hydrogens (tertiary/aromatic N) is 4. The Morgan fingerprint density at radius 2 is 1.80 bits per heavy atom. The first-order chi connectivity index (χ1) is 14.5. The minimum atomic E-state index is -0.690. The molecule has 2 atom stereocenters. The molecule has 150 valence electrons. The summed E-state index contributed by atoms with van der Waals surface area (Å²) in [5.41, 5.74) is 2.49. The maximum atomic E-state index is 13.5.